The van der Waals surface area contributed by atoms with Crippen LogP contribution < -0.4 is 15.4 Å². The molecule has 0 amide bonds. The molecule has 2 aromatic carbocycles. The van der Waals surface area contributed by atoms with Crippen molar-refractivity contribution in [1.29, 1.82) is 0 Å². The summed E-state index contributed by atoms with van der Waals surface area (Å²) in [6.45, 7) is 8.89. The molecule has 3 nitrogen and oxygen atoms in total. The molecular weight excluding hydrogens is 272 g/mol. The van der Waals surface area contributed by atoms with Gasteiger partial charge in [-0.3, -0.25) is 0 Å². The van der Waals surface area contributed by atoms with Crippen LogP contribution in [0.15, 0.2) is 42.5 Å². The largest absolute Gasteiger partial charge is 0.494 e. The quantitative estimate of drug-likeness (QED) is 0.698. The average molecular weight is 298 g/mol. The summed E-state index contributed by atoms with van der Waals surface area (Å²) in [5.74, 6) is 0.925. The van der Waals surface area contributed by atoms with E-state index in [2.05, 4.69) is 55.7 Å². The summed E-state index contributed by atoms with van der Waals surface area (Å²) in [7, 11) is 0. The van der Waals surface area contributed by atoms with Gasteiger partial charge in [-0.1, -0.05) is 19.1 Å². The molecule has 0 aromatic heterocycles. The van der Waals surface area contributed by atoms with Gasteiger partial charge in [0, 0.05) is 30.5 Å². The predicted molar refractivity (Wildman–Crippen MR) is 95.1 cm³/mol. The van der Waals surface area contributed by atoms with Crippen LogP contribution in [0.4, 0.5) is 11.4 Å². The first-order valence-corrected chi connectivity index (χ1v) is 7.97. The number of benzene rings is 2. The minimum Gasteiger partial charge on any atom is -0.494 e. The van der Waals surface area contributed by atoms with Crippen LogP contribution in [0.1, 0.15) is 24.5 Å². The van der Waals surface area contributed by atoms with Crippen LogP contribution in [-0.2, 0) is 0 Å². The minimum absolute atomic E-state index is 0.762. The van der Waals surface area contributed by atoms with Gasteiger partial charge in [0.2, 0.25) is 0 Å². The second kappa shape index (κ2) is 8.32. The number of anilines is 2. The zero-order valence-corrected chi connectivity index (χ0v) is 13.8. The van der Waals surface area contributed by atoms with Crippen molar-refractivity contribution in [3.63, 3.8) is 0 Å². The Bertz CT molecular complexity index is 596. The SMILES string of the molecule is CCCOc1cccc(NCCNc2ccc(C)c(C)c2)c1. The number of ether oxygens (including phenoxy) is 1. The van der Waals surface area contributed by atoms with Gasteiger partial charge in [-0.2, -0.15) is 0 Å². The van der Waals surface area contributed by atoms with Gasteiger partial charge in [0.1, 0.15) is 5.75 Å². The van der Waals surface area contributed by atoms with Crippen LogP contribution in [-0.4, -0.2) is 19.7 Å². The lowest BCUT2D eigenvalue weighted by Gasteiger charge is -2.11. The summed E-state index contributed by atoms with van der Waals surface area (Å²) in [4.78, 5) is 0. The molecule has 0 aliphatic rings. The van der Waals surface area contributed by atoms with E-state index in [9.17, 15) is 0 Å². The summed E-state index contributed by atoms with van der Waals surface area (Å²) < 4.78 is 5.64. The maximum Gasteiger partial charge on any atom is 0.121 e. The van der Waals surface area contributed by atoms with Gasteiger partial charge in [0.15, 0.2) is 0 Å². The third-order valence-electron chi connectivity index (χ3n) is 3.60. The molecular formula is C19H26N2O. The second-order valence-electron chi connectivity index (χ2n) is 5.53. The first-order valence-electron chi connectivity index (χ1n) is 7.97. The van der Waals surface area contributed by atoms with E-state index in [4.69, 9.17) is 4.74 Å². The van der Waals surface area contributed by atoms with E-state index in [1.807, 2.05) is 18.2 Å². The van der Waals surface area contributed by atoms with Crippen molar-refractivity contribution in [2.24, 2.45) is 0 Å². The van der Waals surface area contributed by atoms with E-state index < -0.39 is 0 Å². The smallest absolute Gasteiger partial charge is 0.121 e. The van der Waals surface area contributed by atoms with Crippen LogP contribution in [0.3, 0.4) is 0 Å². The molecule has 0 saturated heterocycles. The highest BCUT2D eigenvalue weighted by Gasteiger charge is 1.98. The van der Waals surface area contributed by atoms with Gasteiger partial charge in [-0.05, 0) is 55.7 Å². The highest BCUT2D eigenvalue weighted by Crippen LogP contribution is 2.17. The zero-order valence-electron chi connectivity index (χ0n) is 13.8. The normalized spacial score (nSPS) is 10.3. The van der Waals surface area contributed by atoms with E-state index in [1.54, 1.807) is 0 Å². The van der Waals surface area contributed by atoms with E-state index in [-0.39, 0.29) is 0 Å². The Morgan fingerprint density at radius 2 is 1.59 bits per heavy atom. The molecule has 0 heterocycles. The van der Waals surface area contributed by atoms with Gasteiger partial charge >= 0.3 is 0 Å². The Kier molecular flexibility index (Phi) is 6.13. The van der Waals surface area contributed by atoms with Crippen molar-refractivity contribution in [2.75, 3.05) is 30.3 Å². The van der Waals surface area contributed by atoms with Crippen LogP contribution in [0.5, 0.6) is 5.75 Å². The van der Waals surface area contributed by atoms with Crippen molar-refractivity contribution < 1.29 is 4.74 Å². The molecule has 2 N–H and O–H groups in total. The van der Waals surface area contributed by atoms with Gasteiger partial charge in [0.05, 0.1) is 6.61 Å². The lowest BCUT2D eigenvalue weighted by molar-refractivity contribution is 0.317. The maximum absolute atomic E-state index is 5.64. The summed E-state index contributed by atoms with van der Waals surface area (Å²) >= 11 is 0. The van der Waals surface area contributed by atoms with E-state index >= 15 is 0 Å². The minimum atomic E-state index is 0.762. The highest BCUT2D eigenvalue weighted by atomic mass is 16.5. The van der Waals surface area contributed by atoms with Gasteiger partial charge in [-0.25, -0.2) is 0 Å². The Morgan fingerprint density at radius 3 is 2.27 bits per heavy atom. The number of rotatable bonds is 8. The molecule has 0 fully saturated rings. The lowest BCUT2D eigenvalue weighted by atomic mass is 10.1. The molecule has 118 valence electrons. The third kappa shape index (κ3) is 4.99. The number of nitrogens with one attached hydrogen (secondary N) is 2. The monoisotopic (exact) mass is 298 g/mol. The summed E-state index contributed by atoms with van der Waals surface area (Å²) in [6, 6.07) is 14.6. The summed E-state index contributed by atoms with van der Waals surface area (Å²) in [5, 5.41) is 6.85. The number of aryl methyl sites for hydroxylation is 2. The molecule has 0 spiro atoms. The van der Waals surface area contributed by atoms with Gasteiger partial charge in [-0.15, -0.1) is 0 Å². The van der Waals surface area contributed by atoms with Crippen LogP contribution >= 0.6 is 0 Å². The molecule has 2 aromatic rings. The van der Waals surface area contributed by atoms with E-state index in [0.29, 0.717) is 0 Å². The molecule has 0 aliphatic heterocycles. The van der Waals surface area contributed by atoms with Crippen molar-refractivity contribution in [2.45, 2.75) is 27.2 Å². The molecule has 0 aliphatic carbocycles. The third-order valence-corrected chi connectivity index (χ3v) is 3.60. The van der Waals surface area contributed by atoms with E-state index in [1.165, 1.54) is 16.8 Å². The number of hydrogen-bond acceptors (Lipinski definition) is 3. The fraction of sp³-hybridized carbons (Fsp3) is 0.368. The fourth-order valence-electron chi connectivity index (χ4n) is 2.18. The number of hydrogen-bond donors (Lipinski definition) is 2. The Hall–Kier alpha value is -2.16. The molecule has 0 unspecified atom stereocenters. The Balaban J connectivity index is 1.77. The first kappa shape index (κ1) is 16.2. The van der Waals surface area contributed by atoms with Gasteiger partial charge < -0.3 is 15.4 Å². The molecule has 2 rings (SSSR count). The zero-order chi connectivity index (χ0) is 15.8. The van der Waals surface area contributed by atoms with E-state index in [0.717, 1.165) is 37.6 Å². The molecule has 22 heavy (non-hydrogen) atoms. The van der Waals surface area contributed by atoms with Crippen molar-refractivity contribution in [3.05, 3.63) is 53.6 Å². The van der Waals surface area contributed by atoms with Crippen molar-refractivity contribution >= 4 is 11.4 Å². The fourth-order valence-corrected chi connectivity index (χ4v) is 2.18. The van der Waals surface area contributed by atoms with Crippen LogP contribution in [0, 0.1) is 13.8 Å². The molecule has 0 radical (unpaired) electrons. The summed E-state index contributed by atoms with van der Waals surface area (Å²) in [6.07, 6.45) is 1.03. The lowest BCUT2D eigenvalue weighted by Crippen LogP contribution is -2.13. The first-order chi connectivity index (χ1) is 10.7. The van der Waals surface area contributed by atoms with Gasteiger partial charge in [0.25, 0.3) is 0 Å². The molecule has 0 atom stereocenters. The standard InChI is InChI=1S/C19H26N2O/c1-4-12-22-19-7-5-6-17(14-19)20-10-11-21-18-9-8-15(2)16(3)13-18/h5-9,13-14,20-21H,4,10-12H2,1-3H3. The maximum atomic E-state index is 5.64. The molecule has 0 saturated carbocycles. The van der Waals surface area contributed by atoms with Crippen LogP contribution in [0.2, 0.25) is 0 Å². The topological polar surface area (TPSA) is 33.3 Å². The highest BCUT2D eigenvalue weighted by molar-refractivity contribution is 5.50. The van der Waals surface area contributed by atoms with Crippen molar-refractivity contribution in [1.82, 2.24) is 0 Å². The predicted octanol–water partition coefficient (Wildman–Crippen LogP) is 4.62. The molecule has 0 bridgehead atoms. The Morgan fingerprint density at radius 1 is 0.864 bits per heavy atom. The summed E-state index contributed by atoms with van der Waals surface area (Å²) in [5.41, 5.74) is 4.91. The second-order valence-corrected chi connectivity index (χ2v) is 5.53. The average Bonchev–Trinajstić information content (AvgIpc) is 2.53. The Labute approximate surface area is 133 Å². The van der Waals surface area contributed by atoms with Crippen molar-refractivity contribution in [3.8, 4) is 5.75 Å². The molecule has 3 heteroatoms. The van der Waals surface area contributed by atoms with Crippen LogP contribution in [0.25, 0.3) is 0 Å².